The van der Waals surface area contributed by atoms with Gasteiger partial charge in [-0.1, -0.05) is 19.9 Å². The van der Waals surface area contributed by atoms with Crippen molar-refractivity contribution in [1.82, 2.24) is 0 Å². The number of phenols is 1. The standard InChI is InChI=1S/C11H17NO/c1-8(2)9-5-6-11(13)10(7-9)12(3)4/h5-8,13H,1-4H3. The molecule has 1 aromatic rings. The summed E-state index contributed by atoms with van der Waals surface area (Å²) in [6.45, 7) is 4.29. The second-order valence-corrected chi connectivity index (χ2v) is 3.80. The van der Waals surface area contributed by atoms with Crippen LogP contribution in [0.1, 0.15) is 25.3 Å². The molecule has 2 heteroatoms. The Hall–Kier alpha value is -1.18. The maximum atomic E-state index is 9.55. The number of benzene rings is 1. The van der Waals surface area contributed by atoms with Crippen LogP contribution in [-0.2, 0) is 0 Å². The molecule has 0 spiro atoms. The molecule has 0 aromatic heterocycles. The van der Waals surface area contributed by atoms with E-state index in [9.17, 15) is 5.11 Å². The third-order valence-electron chi connectivity index (χ3n) is 2.15. The van der Waals surface area contributed by atoms with Gasteiger partial charge in [-0.3, -0.25) is 0 Å². The third-order valence-corrected chi connectivity index (χ3v) is 2.15. The van der Waals surface area contributed by atoms with E-state index in [1.54, 1.807) is 6.07 Å². The van der Waals surface area contributed by atoms with E-state index in [0.717, 1.165) is 5.69 Å². The molecule has 0 atom stereocenters. The van der Waals surface area contributed by atoms with Gasteiger partial charge in [0.05, 0.1) is 5.69 Å². The number of phenolic OH excluding ortho intramolecular Hbond substituents is 1. The van der Waals surface area contributed by atoms with Crippen LogP contribution in [-0.4, -0.2) is 19.2 Å². The highest BCUT2D eigenvalue weighted by Gasteiger charge is 2.06. The smallest absolute Gasteiger partial charge is 0.138 e. The Kier molecular flexibility index (Phi) is 2.81. The molecular weight excluding hydrogens is 162 g/mol. The van der Waals surface area contributed by atoms with Crippen LogP contribution in [0.3, 0.4) is 0 Å². The molecule has 0 aliphatic heterocycles. The SMILES string of the molecule is CC(C)c1ccc(O)c(N(C)C)c1. The van der Waals surface area contributed by atoms with E-state index in [0.29, 0.717) is 11.7 Å². The molecule has 0 amide bonds. The minimum atomic E-state index is 0.342. The number of aromatic hydroxyl groups is 1. The maximum Gasteiger partial charge on any atom is 0.138 e. The summed E-state index contributed by atoms with van der Waals surface area (Å²) in [7, 11) is 3.86. The summed E-state index contributed by atoms with van der Waals surface area (Å²) in [5.74, 6) is 0.841. The lowest BCUT2D eigenvalue weighted by atomic mass is 10.0. The van der Waals surface area contributed by atoms with Crippen LogP contribution in [0.15, 0.2) is 18.2 Å². The summed E-state index contributed by atoms with van der Waals surface area (Å²) >= 11 is 0. The lowest BCUT2D eigenvalue weighted by Gasteiger charge is -2.16. The zero-order chi connectivity index (χ0) is 10.0. The predicted molar refractivity (Wildman–Crippen MR) is 56.5 cm³/mol. The highest BCUT2D eigenvalue weighted by atomic mass is 16.3. The Bertz CT molecular complexity index is 292. The lowest BCUT2D eigenvalue weighted by Crippen LogP contribution is -2.09. The molecular formula is C11H17NO. The van der Waals surface area contributed by atoms with Crippen LogP contribution < -0.4 is 4.90 Å². The Labute approximate surface area is 79.8 Å². The third kappa shape index (κ3) is 2.14. The van der Waals surface area contributed by atoms with Gasteiger partial charge in [0.25, 0.3) is 0 Å². The van der Waals surface area contributed by atoms with Crippen molar-refractivity contribution in [2.45, 2.75) is 19.8 Å². The van der Waals surface area contributed by atoms with E-state index in [1.165, 1.54) is 5.56 Å². The van der Waals surface area contributed by atoms with E-state index < -0.39 is 0 Å². The molecule has 0 fully saturated rings. The first-order chi connectivity index (χ1) is 6.02. The Balaban J connectivity index is 3.11. The summed E-state index contributed by atoms with van der Waals surface area (Å²) in [6.07, 6.45) is 0. The number of rotatable bonds is 2. The van der Waals surface area contributed by atoms with Gasteiger partial charge < -0.3 is 10.0 Å². The van der Waals surface area contributed by atoms with E-state index in [-0.39, 0.29) is 0 Å². The molecule has 72 valence electrons. The zero-order valence-corrected chi connectivity index (χ0v) is 8.70. The highest BCUT2D eigenvalue weighted by Crippen LogP contribution is 2.29. The summed E-state index contributed by atoms with van der Waals surface area (Å²) in [5, 5.41) is 9.55. The highest BCUT2D eigenvalue weighted by molar-refractivity contribution is 5.58. The van der Waals surface area contributed by atoms with Crippen LogP contribution in [0.4, 0.5) is 5.69 Å². The monoisotopic (exact) mass is 179 g/mol. The van der Waals surface area contributed by atoms with Gasteiger partial charge in [0.15, 0.2) is 0 Å². The van der Waals surface area contributed by atoms with Gasteiger partial charge in [0.2, 0.25) is 0 Å². The number of anilines is 1. The van der Waals surface area contributed by atoms with Gasteiger partial charge in [-0.2, -0.15) is 0 Å². The molecule has 0 aliphatic carbocycles. The van der Waals surface area contributed by atoms with Crippen molar-refractivity contribution >= 4 is 5.69 Å². The fraction of sp³-hybridized carbons (Fsp3) is 0.455. The molecule has 0 heterocycles. The van der Waals surface area contributed by atoms with Crippen molar-refractivity contribution in [3.8, 4) is 5.75 Å². The number of nitrogens with zero attached hydrogens (tertiary/aromatic N) is 1. The molecule has 0 saturated heterocycles. The molecule has 2 nitrogen and oxygen atoms in total. The van der Waals surface area contributed by atoms with Crippen LogP contribution in [0.2, 0.25) is 0 Å². The van der Waals surface area contributed by atoms with Crippen molar-refractivity contribution < 1.29 is 5.11 Å². The molecule has 13 heavy (non-hydrogen) atoms. The van der Waals surface area contributed by atoms with E-state index in [4.69, 9.17) is 0 Å². The van der Waals surface area contributed by atoms with Gasteiger partial charge in [-0.25, -0.2) is 0 Å². The first kappa shape index (κ1) is 9.90. The first-order valence-electron chi connectivity index (χ1n) is 4.52. The van der Waals surface area contributed by atoms with Gasteiger partial charge in [0.1, 0.15) is 5.75 Å². The lowest BCUT2D eigenvalue weighted by molar-refractivity contribution is 0.475. The van der Waals surface area contributed by atoms with Crippen LogP contribution in [0.25, 0.3) is 0 Å². The van der Waals surface area contributed by atoms with E-state index in [1.807, 2.05) is 31.1 Å². The zero-order valence-electron chi connectivity index (χ0n) is 8.70. The molecule has 1 N–H and O–H groups in total. The van der Waals surface area contributed by atoms with Crippen LogP contribution in [0, 0.1) is 0 Å². The second kappa shape index (κ2) is 3.69. The van der Waals surface area contributed by atoms with E-state index >= 15 is 0 Å². The quantitative estimate of drug-likeness (QED) is 0.754. The van der Waals surface area contributed by atoms with Crippen molar-refractivity contribution in [2.75, 3.05) is 19.0 Å². The summed E-state index contributed by atoms with van der Waals surface area (Å²) < 4.78 is 0. The minimum absolute atomic E-state index is 0.342. The van der Waals surface area contributed by atoms with E-state index in [2.05, 4.69) is 13.8 Å². The van der Waals surface area contributed by atoms with Crippen molar-refractivity contribution in [1.29, 1.82) is 0 Å². The number of hydrogen-bond donors (Lipinski definition) is 1. The Morgan fingerprint density at radius 1 is 1.23 bits per heavy atom. The average Bonchev–Trinajstić information content (AvgIpc) is 2.04. The molecule has 0 unspecified atom stereocenters. The van der Waals surface area contributed by atoms with Crippen molar-refractivity contribution in [3.05, 3.63) is 23.8 Å². The minimum Gasteiger partial charge on any atom is -0.506 e. The first-order valence-corrected chi connectivity index (χ1v) is 4.52. The molecule has 0 saturated carbocycles. The van der Waals surface area contributed by atoms with Crippen LogP contribution in [0.5, 0.6) is 5.75 Å². The van der Waals surface area contributed by atoms with Crippen LogP contribution >= 0.6 is 0 Å². The largest absolute Gasteiger partial charge is 0.506 e. The fourth-order valence-electron chi connectivity index (χ4n) is 1.26. The average molecular weight is 179 g/mol. The molecule has 1 rings (SSSR count). The summed E-state index contributed by atoms with van der Waals surface area (Å²) in [5.41, 5.74) is 2.13. The maximum absolute atomic E-state index is 9.55. The Morgan fingerprint density at radius 2 is 1.85 bits per heavy atom. The normalized spacial score (nSPS) is 10.5. The Morgan fingerprint density at radius 3 is 2.31 bits per heavy atom. The molecule has 0 radical (unpaired) electrons. The van der Waals surface area contributed by atoms with Gasteiger partial charge >= 0.3 is 0 Å². The molecule has 0 aliphatic rings. The van der Waals surface area contributed by atoms with Crippen molar-refractivity contribution in [2.24, 2.45) is 0 Å². The fourth-order valence-corrected chi connectivity index (χ4v) is 1.26. The summed E-state index contributed by atoms with van der Waals surface area (Å²) in [4.78, 5) is 1.92. The predicted octanol–water partition coefficient (Wildman–Crippen LogP) is 2.58. The number of hydrogen-bond acceptors (Lipinski definition) is 2. The van der Waals surface area contributed by atoms with Gasteiger partial charge in [0, 0.05) is 14.1 Å². The molecule has 0 bridgehead atoms. The summed E-state index contributed by atoms with van der Waals surface area (Å²) in [6, 6.07) is 5.75. The van der Waals surface area contributed by atoms with Crippen molar-refractivity contribution in [3.63, 3.8) is 0 Å². The van der Waals surface area contributed by atoms with Gasteiger partial charge in [-0.05, 0) is 23.6 Å². The second-order valence-electron chi connectivity index (χ2n) is 3.80. The molecule has 1 aromatic carbocycles. The topological polar surface area (TPSA) is 23.5 Å². The van der Waals surface area contributed by atoms with Gasteiger partial charge in [-0.15, -0.1) is 0 Å².